The summed E-state index contributed by atoms with van der Waals surface area (Å²) in [6.07, 6.45) is -7.84. The fourth-order valence-corrected chi connectivity index (χ4v) is 0.668. The Bertz CT molecular complexity index is 189. The summed E-state index contributed by atoms with van der Waals surface area (Å²) < 4.78 is 0. The third kappa shape index (κ3) is 6.67. The van der Waals surface area contributed by atoms with Crippen LogP contribution in [0.2, 0.25) is 0 Å². The number of rotatable bonds is 5. The summed E-state index contributed by atoms with van der Waals surface area (Å²) in [5.41, 5.74) is 0. The van der Waals surface area contributed by atoms with Gasteiger partial charge in [0.25, 0.3) is 0 Å². The lowest BCUT2D eigenvalue weighted by Crippen LogP contribution is -2.48. The van der Waals surface area contributed by atoms with E-state index in [4.69, 9.17) is 30.6 Å². The Morgan fingerprint density at radius 2 is 1.50 bits per heavy atom. The standard InChI is InChI=1S/C6H12O7.C2H7N/c7-1-2(8)3(9)4(10)5(11)6(12)13;1-3-2/h2-5,7-11H,1H2,(H,12,13);3H,1-2H3/t2-,3-,4+,5-;/m1./s1. The van der Waals surface area contributed by atoms with Gasteiger partial charge in [0.15, 0.2) is 6.10 Å². The molecule has 0 aliphatic rings. The molecule has 0 unspecified atom stereocenters. The molecule has 0 aliphatic heterocycles. The van der Waals surface area contributed by atoms with Crippen LogP contribution in [0.5, 0.6) is 0 Å². The molecule has 98 valence electrons. The number of aliphatic hydroxyl groups excluding tert-OH is 5. The number of hydrogen-bond donors (Lipinski definition) is 7. The van der Waals surface area contributed by atoms with E-state index in [1.54, 1.807) is 0 Å². The second kappa shape index (κ2) is 9.46. The maximum Gasteiger partial charge on any atom is 0.335 e. The van der Waals surface area contributed by atoms with Crippen LogP contribution < -0.4 is 5.32 Å². The largest absolute Gasteiger partial charge is 0.479 e. The topological polar surface area (TPSA) is 150 Å². The third-order valence-corrected chi connectivity index (χ3v) is 1.51. The van der Waals surface area contributed by atoms with Gasteiger partial charge < -0.3 is 36.0 Å². The average molecular weight is 241 g/mol. The lowest BCUT2D eigenvalue weighted by atomic mass is 10.0. The van der Waals surface area contributed by atoms with Crippen molar-refractivity contribution in [2.45, 2.75) is 24.4 Å². The van der Waals surface area contributed by atoms with E-state index >= 15 is 0 Å². The molecule has 0 aromatic heterocycles. The molecular weight excluding hydrogens is 222 g/mol. The van der Waals surface area contributed by atoms with Crippen molar-refractivity contribution in [3.63, 3.8) is 0 Å². The van der Waals surface area contributed by atoms with Gasteiger partial charge in [-0.3, -0.25) is 0 Å². The SMILES string of the molecule is CNC.O=C(O)[C@H](O)[C@@H](O)[C@H](O)[C@H](O)CO. The van der Waals surface area contributed by atoms with E-state index in [-0.39, 0.29) is 0 Å². The molecule has 0 bridgehead atoms. The van der Waals surface area contributed by atoms with Crippen LogP contribution in [0.4, 0.5) is 0 Å². The lowest BCUT2D eigenvalue weighted by Gasteiger charge is -2.23. The van der Waals surface area contributed by atoms with Crippen molar-refractivity contribution in [2.75, 3.05) is 20.7 Å². The summed E-state index contributed by atoms with van der Waals surface area (Å²) in [5, 5.41) is 54.6. The van der Waals surface area contributed by atoms with Gasteiger partial charge in [-0.25, -0.2) is 4.79 Å². The Morgan fingerprint density at radius 1 is 1.12 bits per heavy atom. The molecule has 0 aliphatic carbocycles. The molecule has 0 saturated carbocycles. The third-order valence-electron chi connectivity index (χ3n) is 1.51. The zero-order valence-electron chi connectivity index (χ0n) is 9.11. The van der Waals surface area contributed by atoms with E-state index in [9.17, 15) is 4.79 Å². The second-order valence-corrected chi connectivity index (χ2v) is 3.01. The monoisotopic (exact) mass is 241 g/mol. The Morgan fingerprint density at radius 3 is 1.75 bits per heavy atom. The number of aliphatic carboxylic acids is 1. The molecule has 0 rings (SSSR count). The number of hydrogen-bond acceptors (Lipinski definition) is 7. The van der Waals surface area contributed by atoms with Crippen LogP contribution in [-0.2, 0) is 4.79 Å². The molecule has 0 aromatic carbocycles. The highest BCUT2D eigenvalue weighted by molar-refractivity contribution is 5.72. The van der Waals surface area contributed by atoms with Gasteiger partial charge in [0.2, 0.25) is 0 Å². The summed E-state index contributed by atoms with van der Waals surface area (Å²) in [6.45, 7) is -0.843. The predicted molar refractivity (Wildman–Crippen MR) is 53.7 cm³/mol. The Balaban J connectivity index is 0. The molecule has 0 amide bonds. The van der Waals surface area contributed by atoms with E-state index in [1.165, 1.54) is 0 Å². The fraction of sp³-hybridized carbons (Fsp3) is 0.875. The lowest BCUT2D eigenvalue weighted by molar-refractivity contribution is -0.164. The first-order valence-electron chi connectivity index (χ1n) is 4.47. The highest BCUT2D eigenvalue weighted by Gasteiger charge is 2.33. The van der Waals surface area contributed by atoms with Crippen molar-refractivity contribution in [3.05, 3.63) is 0 Å². The first kappa shape index (κ1) is 17.6. The van der Waals surface area contributed by atoms with Gasteiger partial charge in [-0.05, 0) is 14.1 Å². The van der Waals surface area contributed by atoms with Gasteiger partial charge in [-0.2, -0.15) is 0 Å². The first-order valence-corrected chi connectivity index (χ1v) is 4.47. The van der Waals surface area contributed by atoms with E-state index < -0.39 is 37.0 Å². The smallest absolute Gasteiger partial charge is 0.335 e. The Kier molecular flexibility index (Phi) is 10.4. The van der Waals surface area contributed by atoms with Crippen molar-refractivity contribution >= 4 is 5.97 Å². The maximum absolute atomic E-state index is 10.1. The molecule has 0 fully saturated rings. The van der Waals surface area contributed by atoms with Crippen LogP contribution in [0, 0.1) is 0 Å². The zero-order chi connectivity index (χ0) is 13.3. The van der Waals surface area contributed by atoms with Crippen molar-refractivity contribution in [1.29, 1.82) is 0 Å². The highest BCUT2D eigenvalue weighted by Crippen LogP contribution is 2.04. The summed E-state index contributed by atoms with van der Waals surface area (Å²) in [5.74, 6) is -1.73. The maximum atomic E-state index is 10.1. The van der Waals surface area contributed by atoms with Crippen molar-refractivity contribution in [3.8, 4) is 0 Å². The molecule has 0 spiro atoms. The highest BCUT2D eigenvalue weighted by atomic mass is 16.4. The second-order valence-electron chi connectivity index (χ2n) is 3.01. The molecule has 7 N–H and O–H groups in total. The number of aliphatic hydroxyl groups is 5. The molecule has 8 nitrogen and oxygen atoms in total. The van der Waals surface area contributed by atoms with Crippen LogP contribution in [0.3, 0.4) is 0 Å². The summed E-state index contributed by atoms with van der Waals surface area (Å²) >= 11 is 0. The van der Waals surface area contributed by atoms with Gasteiger partial charge in [0.1, 0.15) is 18.3 Å². The van der Waals surface area contributed by atoms with Crippen LogP contribution in [-0.4, -0.2) is 81.7 Å². The predicted octanol–water partition coefficient (Wildman–Crippen LogP) is -3.66. The molecule has 8 heteroatoms. The Hall–Kier alpha value is -0.770. The van der Waals surface area contributed by atoms with Crippen molar-refractivity contribution in [2.24, 2.45) is 0 Å². The molecule has 4 atom stereocenters. The van der Waals surface area contributed by atoms with Crippen LogP contribution in [0.15, 0.2) is 0 Å². The summed E-state index contributed by atoms with van der Waals surface area (Å²) in [4.78, 5) is 10.1. The van der Waals surface area contributed by atoms with Crippen molar-refractivity contribution in [1.82, 2.24) is 5.32 Å². The van der Waals surface area contributed by atoms with Gasteiger partial charge >= 0.3 is 5.97 Å². The average Bonchev–Trinajstić information content (AvgIpc) is 2.25. The molecule has 0 heterocycles. The zero-order valence-corrected chi connectivity index (χ0v) is 9.11. The number of carbonyl (C=O) groups is 1. The van der Waals surface area contributed by atoms with Crippen LogP contribution >= 0.6 is 0 Å². The minimum atomic E-state index is -2.20. The molecule has 16 heavy (non-hydrogen) atoms. The minimum Gasteiger partial charge on any atom is -0.479 e. The summed E-state index contributed by atoms with van der Waals surface area (Å²) in [6, 6.07) is 0. The van der Waals surface area contributed by atoms with Gasteiger partial charge in [-0.1, -0.05) is 0 Å². The Labute approximate surface area is 92.8 Å². The number of carboxylic acid groups (broad SMARTS) is 1. The quantitative estimate of drug-likeness (QED) is 0.260. The van der Waals surface area contributed by atoms with E-state index in [1.807, 2.05) is 14.1 Å². The van der Waals surface area contributed by atoms with Crippen LogP contribution in [0.25, 0.3) is 0 Å². The number of nitrogens with one attached hydrogen (secondary N) is 1. The van der Waals surface area contributed by atoms with Gasteiger partial charge in [0.05, 0.1) is 6.61 Å². The molecule has 0 aromatic rings. The van der Waals surface area contributed by atoms with E-state index in [0.29, 0.717) is 0 Å². The van der Waals surface area contributed by atoms with Gasteiger partial charge in [-0.15, -0.1) is 0 Å². The van der Waals surface area contributed by atoms with E-state index in [2.05, 4.69) is 5.32 Å². The normalized spacial score (nSPS) is 17.7. The number of carboxylic acids is 1. The van der Waals surface area contributed by atoms with Crippen molar-refractivity contribution < 1.29 is 35.4 Å². The van der Waals surface area contributed by atoms with Gasteiger partial charge in [0, 0.05) is 0 Å². The van der Waals surface area contributed by atoms with E-state index in [0.717, 1.165) is 0 Å². The fourth-order valence-electron chi connectivity index (χ4n) is 0.668. The molecular formula is C8H19NO7. The molecule has 0 radical (unpaired) electrons. The van der Waals surface area contributed by atoms with Crippen LogP contribution in [0.1, 0.15) is 0 Å². The summed E-state index contributed by atoms with van der Waals surface area (Å²) in [7, 11) is 3.75. The molecule has 0 saturated heterocycles. The first-order chi connectivity index (χ1) is 7.33. The minimum absolute atomic E-state index is 0.843.